The molecule has 2 N–H and O–H groups in total. The van der Waals surface area contributed by atoms with Crippen LogP contribution in [0.2, 0.25) is 0 Å². The van der Waals surface area contributed by atoms with E-state index in [2.05, 4.69) is 0 Å². The largest absolute Gasteiger partial charge is 0.504 e. The molecule has 0 unspecified atom stereocenters. The Morgan fingerprint density at radius 2 is 1.73 bits per heavy atom. The first kappa shape index (κ1) is 15.4. The molecule has 0 saturated carbocycles. The van der Waals surface area contributed by atoms with E-state index in [1.807, 2.05) is 0 Å². The molecule has 114 valence electrons. The molecule has 2 rings (SSSR count). The number of aromatic hydroxyl groups is 2. The molecule has 0 fully saturated rings. The third-order valence-electron chi connectivity index (χ3n) is 3.14. The maximum Gasteiger partial charge on any atom is 0.197 e. The lowest BCUT2D eigenvalue weighted by molar-refractivity contribution is 0.103. The number of phenolic OH excluding ortho intramolecular Hbond substituents is 2. The Hall–Kier alpha value is -3.02. The van der Waals surface area contributed by atoms with E-state index in [0.717, 1.165) is 0 Å². The van der Waals surface area contributed by atoms with Gasteiger partial charge in [0, 0.05) is 11.1 Å². The quantitative estimate of drug-likeness (QED) is 0.649. The van der Waals surface area contributed by atoms with Crippen molar-refractivity contribution >= 4 is 12.1 Å². The summed E-state index contributed by atoms with van der Waals surface area (Å²) in [5.74, 6) is -0.840. The fraction of sp³-hybridized carbons (Fsp3) is 0.125. The van der Waals surface area contributed by atoms with Gasteiger partial charge in [0.15, 0.2) is 28.8 Å². The van der Waals surface area contributed by atoms with Gasteiger partial charge in [-0.3, -0.25) is 9.59 Å². The van der Waals surface area contributed by atoms with Gasteiger partial charge in [-0.2, -0.15) is 0 Å². The average Bonchev–Trinajstić information content (AvgIpc) is 2.55. The van der Waals surface area contributed by atoms with E-state index in [9.17, 15) is 19.8 Å². The molecule has 0 radical (unpaired) electrons. The number of aldehydes is 1. The van der Waals surface area contributed by atoms with Crippen LogP contribution in [0.1, 0.15) is 26.3 Å². The van der Waals surface area contributed by atoms with Crippen LogP contribution in [0.3, 0.4) is 0 Å². The summed E-state index contributed by atoms with van der Waals surface area (Å²) in [6.07, 6.45) is 0.552. The second kappa shape index (κ2) is 6.17. The standard InChI is InChI=1S/C16H14O6/c1-21-13-7-10(3-4-12(13)18)15(19)11-5-9(8-17)6-14(22-2)16(11)20/h3-8,18,20H,1-2H3. The second-order valence-electron chi connectivity index (χ2n) is 4.45. The first-order chi connectivity index (χ1) is 10.5. The molecule has 0 spiro atoms. The zero-order valence-electron chi connectivity index (χ0n) is 12.0. The van der Waals surface area contributed by atoms with Crippen LogP contribution in [0, 0.1) is 0 Å². The highest BCUT2D eigenvalue weighted by Gasteiger charge is 2.19. The Morgan fingerprint density at radius 1 is 1.05 bits per heavy atom. The molecule has 0 saturated heterocycles. The molecule has 6 nitrogen and oxygen atoms in total. The van der Waals surface area contributed by atoms with Gasteiger partial charge in [-0.15, -0.1) is 0 Å². The third-order valence-corrected chi connectivity index (χ3v) is 3.14. The van der Waals surface area contributed by atoms with Crippen LogP contribution < -0.4 is 9.47 Å². The Bertz CT molecular complexity index is 736. The highest BCUT2D eigenvalue weighted by atomic mass is 16.5. The normalized spacial score (nSPS) is 10.1. The van der Waals surface area contributed by atoms with Gasteiger partial charge < -0.3 is 19.7 Å². The van der Waals surface area contributed by atoms with Gasteiger partial charge in [-0.05, 0) is 30.3 Å². The van der Waals surface area contributed by atoms with E-state index >= 15 is 0 Å². The summed E-state index contributed by atoms with van der Waals surface area (Å²) >= 11 is 0. The third kappa shape index (κ3) is 2.71. The fourth-order valence-corrected chi connectivity index (χ4v) is 2.00. The lowest BCUT2D eigenvalue weighted by atomic mass is 9.99. The number of carbonyl (C=O) groups excluding carboxylic acids is 2. The molecule has 0 heterocycles. The van der Waals surface area contributed by atoms with Crippen molar-refractivity contribution in [1.82, 2.24) is 0 Å². The zero-order valence-corrected chi connectivity index (χ0v) is 12.0. The maximum atomic E-state index is 12.5. The predicted octanol–water partition coefficient (Wildman–Crippen LogP) is 2.16. The maximum absolute atomic E-state index is 12.5. The Balaban J connectivity index is 2.56. The van der Waals surface area contributed by atoms with Crippen molar-refractivity contribution < 1.29 is 29.3 Å². The molecule has 0 aromatic heterocycles. The molecule has 2 aromatic rings. The van der Waals surface area contributed by atoms with Crippen LogP contribution in [0.5, 0.6) is 23.0 Å². The van der Waals surface area contributed by atoms with Crippen molar-refractivity contribution in [3.8, 4) is 23.0 Å². The van der Waals surface area contributed by atoms with Crippen LogP contribution >= 0.6 is 0 Å². The summed E-state index contributed by atoms with van der Waals surface area (Å²) < 4.78 is 9.90. The number of rotatable bonds is 5. The van der Waals surface area contributed by atoms with Gasteiger partial charge >= 0.3 is 0 Å². The molecule has 22 heavy (non-hydrogen) atoms. The first-order valence-corrected chi connectivity index (χ1v) is 6.29. The summed E-state index contributed by atoms with van der Waals surface area (Å²) in [6.45, 7) is 0. The van der Waals surface area contributed by atoms with E-state index in [4.69, 9.17) is 9.47 Å². The minimum absolute atomic E-state index is 0.0266. The first-order valence-electron chi connectivity index (χ1n) is 6.29. The van der Waals surface area contributed by atoms with Crippen LogP contribution in [0.4, 0.5) is 0 Å². The number of hydrogen-bond donors (Lipinski definition) is 2. The van der Waals surface area contributed by atoms with E-state index in [-0.39, 0.29) is 39.7 Å². The number of hydrogen-bond acceptors (Lipinski definition) is 6. The fourth-order valence-electron chi connectivity index (χ4n) is 2.00. The van der Waals surface area contributed by atoms with Crippen LogP contribution in [-0.2, 0) is 0 Å². The van der Waals surface area contributed by atoms with E-state index in [1.54, 1.807) is 0 Å². The Morgan fingerprint density at radius 3 is 2.32 bits per heavy atom. The number of ketones is 1. The van der Waals surface area contributed by atoms with Gasteiger partial charge in [0.25, 0.3) is 0 Å². The zero-order chi connectivity index (χ0) is 16.3. The topological polar surface area (TPSA) is 93.1 Å². The van der Waals surface area contributed by atoms with Crippen molar-refractivity contribution in [2.75, 3.05) is 14.2 Å². The summed E-state index contributed by atoms with van der Waals surface area (Å²) in [7, 11) is 2.68. The number of benzene rings is 2. The van der Waals surface area contributed by atoms with Gasteiger partial charge in [0.1, 0.15) is 6.29 Å². The minimum Gasteiger partial charge on any atom is -0.504 e. The lowest BCUT2D eigenvalue weighted by Crippen LogP contribution is -2.04. The molecule has 0 amide bonds. The molecule has 0 atom stereocenters. The summed E-state index contributed by atoms with van der Waals surface area (Å²) in [4.78, 5) is 23.5. The SMILES string of the molecule is COc1cc(C(=O)c2cc(C=O)cc(OC)c2O)ccc1O. The van der Waals surface area contributed by atoms with Crippen molar-refractivity contribution in [2.45, 2.75) is 0 Å². The second-order valence-corrected chi connectivity index (χ2v) is 4.45. The number of carbonyl (C=O) groups is 2. The molecule has 6 heteroatoms. The van der Waals surface area contributed by atoms with E-state index in [1.165, 1.54) is 44.6 Å². The monoisotopic (exact) mass is 302 g/mol. The van der Waals surface area contributed by atoms with Gasteiger partial charge in [0.2, 0.25) is 0 Å². The molecule has 0 aliphatic heterocycles. The molecule has 0 bridgehead atoms. The highest BCUT2D eigenvalue weighted by molar-refractivity contribution is 6.12. The van der Waals surface area contributed by atoms with Crippen molar-refractivity contribution in [3.05, 3.63) is 47.0 Å². The predicted molar refractivity (Wildman–Crippen MR) is 78.1 cm³/mol. The number of ether oxygens (including phenoxy) is 2. The molecule has 2 aromatic carbocycles. The Kier molecular flexibility index (Phi) is 4.31. The van der Waals surface area contributed by atoms with Crippen molar-refractivity contribution in [2.24, 2.45) is 0 Å². The highest BCUT2D eigenvalue weighted by Crippen LogP contribution is 2.34. The average molecular weight is 302 g/mol. The minimum atomic E-state index is -0.530. The molecule has 0 aliphatic rings. The van der Waals surface area contributed by atoms with Crippen LogP contribution in [0.25, 0.3) is 0 Å². The summed E-state index contributed by atoms with van der Waals surface area (Å²) in [5, 5.41) is 19.6. The van der Waals surface area contributed by atoms with Gasteiger partial charge in [0.05, 0.1) is 19.8 Å². The lowest BCUT2D eigenvalue weighted by Gasteiger charge is -2.10. The van der Waals surface area contributed by atoms with Gasteiger partial charge in [-0.25, -0.2) is 0 Å². The van der Waals surface area contributed by atoms with E-state index in [0.29, 0.717) is 6.29 Å². The number of methoxy groups -OCH3 is 2. The van der Waals surface area contributed by atoms with E-state index < -0.39 is 5.78 Å². The van der Waals surface area contributed by atoms with Crippen molar-refractivity contribution in [3.63, 3.8) is 0 Å². The summed E-state index contributed by atoms with van der Waals surface area (Å²) in [5.41, 5.74) is 0.313. The molecular weight excluding hydrogens is 288 g/mol. The smallest absolute Gasteiger partial charge is 0.197 e. The van der Waals surface area contributed by atoms with Gasteiger partial charge in [-0.1, -0.05) is 0 Å². The molecule has 0 aliphatic carbocycles. The summed E-state index contributed by atoms with van der Waals surface area (Å²) in [6, 6.07) is 6.64. The number of phenols is 2. The van der Waals surface area contributed by atoms with Crippen LogP contribution in [0.15, 0.2) is 30.3 Å². The van der Waals surface area contributed by atoms with Crippen LogP contribution in [-0.4, -0.2) is 36.5 Å². The Labute approximate surface area is 126 Å². The van der Waals surface area contributed by atoms with Crippen molar-refractivity contribution in [1.29, 1.82) is 0 Å². The molecular formula is C16H14O6.